The first-order chi connectivity index (χ1) is 9.40. The average Bonchev–Trinajstić information content (AvgIpc) is 2.70. The molecule has 0 aliphatic carbocycles. The molecule has 0 aliphatic heterocycles. The number of aryl methyl sites for hydroxylation is 2. The number of nitrogens with zero attached hydrogens (tertiary/aromatic N) is 2. The molecule has 1 atom stereocenters. The first-order valence-corrected chi connectivity index (χ1v) is 7.22. The van der Waals surface area contributed by atoms with E-state index in [1.54, 1.807) is 6.07 Å². The van der Waals surface area contributed by atoms with Gasteiger partial charge in [0.15, 0.2) is 0 Å². The quantitative estimate of drug-likeness (QED) is 0.812. The summed E-state index contributed by atoms with van der Waals surface area (Å²) in [5.41, 5.74) is 3.12. The summed E-state index contributed by atoms with van der Waals surface area (Å²) < 4.78 is 5.20. The Morgan fingerprint density at radius 2 is 2.00 bits per heavy atom. The van der Waals surface area contributed by atoms with Gasteiger partial charge in [-0.15, -0.1) is 0 Å². The minimum atomic E-state index is 0.175. The van der Waals surface area contributed by atoms with Gasteiger partial charge in [-0.05, 0) is 45.5 Å². The molecule has 0 amide bonds. The van der Waals surface area contributed by atoms with E-state index in [2.05, 4.69) is 24.0 Å². The highest BCUT2D eigenvalue weighted by Crippen LogP contribution is 2.30. The van der Waals surface area contributed by atoms with Crippen molar-refractivity contribution < 1.29 is 4.52 Å². The van der Waals surface area contributed by atoms with Crippen LogP contribution in [0.25, 0.3) is 0 Å². The highest BCUT2D eigenvalue weighted by Gasteiger charge is 2.18. The van der Waals surface area contributed by atoms with Gasteiger partial charge in [-0.2, -0.15) is 0 Å². The fourth-order valence-corrected chi connectivity index (χ4v) is 2.76. The number of halogens is 2. The molecule has 0 aliphatic rings. The van der Waals surface area contributed by atoms with Gasteiger partial charge in [0.1, 0.15) is 5.76 Å². The van der Waals surface area contributed by atoms with E-state index in [9.17, 15) is 0 Å². The molecule has 0 bridgehead atoms. The molecule has 2 rings (SSSR count). The van der Waals surface area contributed by atoms with Crippen LogP contribution in [0.3, 0.4) is 0 Å². The predicted molar refractivity (Wildman–Crippen MR) is 82.3 cm³/mol. The van der Waals surface area contributed by atoms with Crippen LogP contribution in [0, 0.1) is 13.8 Å². The molecular formula is C15H18Cl2N2O. The second-order valence-corrected chi connectivity index (χ2v) is 5.90. The van der Waals surface area contributed by atoms with Crippen molar-refractivity contribution in [1.82, 2.24) is 10.1 Å². The smallest absolute Gasteiger partial charge is 0.138 e. The van der Waals surface area contributed by atoms with Gasteiger partial charge >= 0.3 is 0 Å². The molecule has 108 valence electrons. The summed E-state index contributed by atoms with van der Waals surface area (Å²) in [6.45, 7) is 6.78. The number of hydrogen-bond donors (Lipinski definition) is 0. The van der Waals surface area contributed by atoms with Gasteiger partial charge in [-0.1, -0.05) is 34.4 Å². The van der Waals surface area contributed by atoms with E-state index < -0.39 is 0 Å². The zero-order valence-electron chi connectivity index (χ0n) is 12.1. The maximum absolute atomic E-state index is 6.27. The fourth-order valence-electron chi connectivity index (χ4n) is 2.19. The lowest BCUT2D eigenvalue weighted by Crippen LogP contribution is -2.22. The van der Waals surface area contributed by atoms with Crippen LogP contribution in [0.4, 0.5) is 0 Å². The van der Waals surface area contributed by atoms with Crippen LogP contribution in [-0.2, 0) is 6.54 Å². The van der Waals surface area contributed by atoms with Crippen molar-refractivity contribution >= 4 is 23.2 Å². The summed E-state index contributed by atoms with van der Waals surface area (Å²) in [5, 5.41) is 5.33. The third-order valence-electron chi connectivity index (χ3n) is 3.66. The summed E-state index contributed by atoms with van der Waals surface area (Å²) in [6, 6.07) is 5.79. The highest BCUT2D eigenvalue weighted by molar-refractivity contribution is 6.35. The molecule has 3 nitrogen and oxygen atoms in total. The zero-order valence-corrected chi connectivity index (χ0v) is 13.6. The van der Waals surface area contributed by atoms with Crippen molar-refractivity contribution in [2.45, 2.75) is 33.4 Å². The lowest BCUT2D eigenvalue weighted by atomic mass is 10.1. The van der Waals surface area contributed by atoms with E-state index >= 15 is 0 Å². The molecule has 0 radical (unpaired) electrons. The average molecular weight is 313 g/mol. The zero-order chi connectivity index (χ0) is 14.9. The largest absolute Gasteiger partial charge is 0.361 e. The minimum Gasteiger partial charge on any atom is -0.361 e. The van der Waals surface area contributed by atoms with Crippen molar-refractivity contribution in [2.24, 2.45) is 0 Å². The second-order valence-electron chi connectivity index (χ2n) is 5.06. The lowest BCUT2D eigenvalue weighted by molar-refractivity contribution is 0.251. The van der Waals surface area contributed by atoms with E-state index in [-0.39, 0.29) is 6.04 Å². The molecule has 0 saturated carbocycles. The third kappa shape index (κ3) is 3.17. The van der Waals surface area contributed by atoms with Crippen molar-refractivity contribution in [2.75, 3.05) is 7.05 Å². The monoisotopic (exact) mass is 312 g/mol. The summed E-state index contributed by atoms with van der Waals surface area (Å²) >= 11 is 12.2. The molecule has 0 spiro atoms. The van der Waals surface area contributed by atoms with E-state index in [0.29, 0.717) is 10.0 Å². The fraction of sp³-hybridized carbons (Fsp3) is 0.400. The Morgan fingerprint density at radius 1 is 1.30 bits per heavy atom. The van der Waals surface area contributed by atoms with Gasteiger partial charge in [0.05, 0.1) is 5.69 Å². The maximum atomic E-state index is 6.27. The molecule has 1 unspecified atom stereocenters. The Kier molecular flexibility index (Phi) is 4.74. The van der Waals surface area contributed by atoms with Crippen molar-refractivity contribution in [1.29, 1.82) is 0 Å². The number of benzene rings is 1. The summed E-state index contributed by atoms with van der Waals surface area (Å²) in [6.07, 6.45) is 0. The molecule has 1 aromatic carbocycles. The van der Waals surface area contributed by atoms with Crippen LogP contribution in [0.15, 0.2) is 22.7 Å². The first kappa shape index (κ1) is 15.4. The topological polar surface area (TPSA) is 29.3 Å². The maximum Gasteiger partial charge on any atom is 0.138 e. The Balaban J connectivity index is 2.18. The predicted octanol–water partition coefficient (Wildman–Crippen LogP) is 4.79. The summed E-state index contributed by atoms with van der Waals surface area (Å²) in [4.78, 5) is 2.21. The van der Waals surface area contributed by atoms with E-state index in [0.717, 1.165) is 29.1 Å². The van der Waals surface area contributed by atoms with Gasteiger partial charge in [-0.3, -0.25) is 4.90 Å². The molecular weight excluding hydrogens is 295 g/mol. The molecule has 5 heteroatoms. The van der Waals surface area contributed by atoms with Gasteiger partial charge in [0.25, 0.3) is 0 Å². The van der Waals surface area contributed by atoms with Gasteiger partial charge in [-0.25, -0.2) is 0 Å². The van der Waals surface area contributed by atoms with Gasteiger partial charge in [0, 0.05) is 28.2 Å². The van der Waals surface area contributed by atoms with E-state index in [4.69, 9.17) is 27.7 Å². The molecule has 0 N–H and O–H groups in total. The van der Waals surface area contributed by atoms with Crippen molar-refractivity contribution in [3.05, 3.63) is 50.8 Å². The van der Waals surface area contributed by atoms with Gasteiger partial charge in [0.2, 0.25) is 0 Å². The Hall–Kier alpha value is -1.03. The van der Waals surface area contributed by atoms with Crippen LogP contribution in [0.2, 0.25) is 10.0 Å². The Morgan fingerprint density at radius 3 is 2.55 bits per heavy atom. The summed E-state index contributed by atoms with van der Waals surface area (Å²) in [7, 11) is 2.06. The molecule has 0 fully saturated rings. The van der Waals surface area contributed by atoms with E-state index in [1.807, 2.05) is 26.0 Å². The Labute approximate surface area is 129 Å². The van der Waals surface area contributed by atoms with Crippen molar-refractivity contribution in [3.63, 3.8) is 0 Å². The summed E-state index contributed by atoms with van der Waals surface area (Å²) in [5.74, 6) is 0.865. The first-order valence-electron chi connectivity index (χ1n) is 6.47. The number of aromatic nitrogens is 1. The molecule has 1 heterocycles. The van der Waals surface area contributed by atoms with E-state index in [1.165, 1.54) is 0 Å². The normalized spacial score (nSPS) is 12.9. The van der Waals surface area contributed by atoms with Gasteiger partial charge < -0.3 is 4.52 Å². The number of hydrogen-bond acceptors (Lipinski definition) is 3. The molecule has 0 saturated heterocycles. The van der Waals surface area contributed by atoms with Crippen LogP contribution in [-0.4, -0.2) is 17.1 Å². The lowest BCUT2D eigenvalue weighted by Gasteiger charge is -2.25. The Bertz CT molecular complexity index is 590. The van der Waals surface area contributed by atoms with Crippen LogP contribution < -0.4 is 0 Å². The van der Waals surface area contributed by atoms with Crippen LogP contribution in [0.1, 0.15) is 35.5 Å². The third-order valence-corrected chi connectivity index (χ3v) is 4.22. The number of rotatable bonds is 4. The van der Waals surface area contributed by atoms with Crippen LogP contribution in [0.5, 0.6) is 0 Å². The minimum absolute atomic E-state index is 0.175. The highest BCUT2D eigenvalue weighted by atomic mass is 35.5. The standard InChI is InChI=1S/C15H18Cl2N2O/c1-9-14(11(3)20-18-9)8-19(4)10(2)13-6-5-12(16)7-15(13)17/h5-7,10H,8H2,1-4H3. The SMILES string of the molecule is Cc1noc(C)c1CN(C)C(C)c1ccc(Cl)cc1Cl. The second kappa shape index (κ2) is 6.17. The molecule has 20 heavy (non-hydrogen) atoms. The van der Waals surface area contributed by atoms with Crippen molar-refractivity contribution in [3.8, 4) is 0 Å². The van der Waals surface area contributed by atoms with Crippen LogP contribution >= 0.6 is 23.2 Å². The molecule has 2 aromatic rings. The molecule has 1 aromatic heterocycles.